The van der Waals surface area contributed by atoms with Gasteiger partial charge in [-0.15, -0.1) is 0 Å². The summed E-state index contributed by atoms with van der Waals surface area (Å²) < 4.78 is 36.0. The van der Waals surface area contributed by atoms with Gasteiger partial charge in [-0.05, 0) is 66.4 Å². The highest BCUT2D eigenvalue weighted by molar-refractivity contribution is 7.92. The fraction of sp³-hybridized carbons (Fsp3) is 0.333. The van der Waals surface area contributed by atoms with Gasteiger partial charge in [-0.2, -0.15) is 0 Å². The van der Waals surface area contributed by atoms with Crippen LogP contribution in [0.2, 0.25) is 0 Å². The molecule has 3 rings (SSSR count). The van der Waals surface area contributed by atoms with Crippen LogP contribution in [-0.4, -0.2) is 51.7 Å². The Morgan fingerprint density at radius 2 is 1.36 bits per heavy atom. The quantitative estimate of drug-likeness (QED) is 0.270. The molecule has 2 atom stereocenters. The van der Waals surface area contributed by atoms with Crippen LogP contribution in [0.4, 0.5) is 5.69 Å². The first-order valence-corrected chi connectivity index (χ1v) is 13.5. The Morgan fingerprint density at radius 3 is 1.83 bits per heavy atom. The number of phenols is 1. The molecule has 0 fully saturated rings. The Labute approximate surface area is 213 Å². The van der Waals surface area contributed by atoms with E-state index in [2.05, 4.69) is 41.2 Å². The molecule has 0 spiro atoms. The largest absolute Gasteiger partial charge is 0.506 e. The number of methoxy groups -OCH3 is 2. The topological polar surface area (TPSA) is 117 Å². The van der Waals surface area contributed by atoms with Crippen LogP contribution in [0, 0.1) is 0 Å². The van der Waals surface area contributed by atoms with Crippen molar-refractivity contribution in [3.8, 4) is 17.2 Å². The molecule has 0 saturated carbocycles. The Bertz CT molecular complexity index is 1180. The molecule has 0 unspecified atom stereocenters. The second-order valence-electron chi connectivity index (χ2n) is 8.81. The van der Waals surface area contributed by atoms with Crippen molar-refractivity contribution >= 4 is 15.7 Å². The normalized spacial score (nSPS) is 13.3. The summed E-state index contributed by atoms with van der Waals surface area (Å²) in [6.07, 6.45) is 0.872. The first-order chi connectivity index (χ1) is 17.1. The average Bonchev–Trinajstić information content (AvgIpc) is 2.86. The first-order valence-electron chi connectivity index (χ1n) is 11.6. The summed E-state index contributed by atoms with van der Waals surface area (Å²) in [6, 6.07) is 20.4. The van der Waals surface area contributed by atoms with Gasteiger partial charge in [0.1, 0.15) is 17.2 Å². The van der Waals surface area contributed by atoms with Gasteiger partial charge < -0.3 is 25.0 Å². The SMILES string of the molecule is COc1ccc(C(C[C@H](C)NC[C@H](O)c2ccc(O)c(NS(C)(=O)=O)c2)c2ccc(OC)cc2)cc1. The lowest BCUT2D eigenvalue weighted by Gasteiger charge is -2.24. The second-order valence-corrected chi connectivity index (χ2v) is 10.6. The predicted molar refractivity (Wildman–Crippen MR) is 141 cm³/mol. The van der Waals surface area contributed by atoms with Crippen LogP contribution in [-0.2, 0) is 10.0 Å². The van der Waals surface area contributed by atoms with Crippen LogP contribution in [0.3, 0.4) is 0 Å². The number of hydrogen-bond acceptors (Lipinski definition) is 7. The number of aliphatic hydroxyl groups is 1. The van der Waals surface area contributed by atoms with Crippen molar-refractivity contribution < 1.29 is 28.1 Å². The van der Waals surface area contributed by atoms with E-state index in [9.17, 15) is 18.6 Å². The van der Waals surface area contributed by atoms with E-state index in [1.54, 1.807) is 20.3 Å². The molecule has 0 radical (unpaired) electrons. The summed E-state index contributed by atoms with van der Waals surface area (Å²) in [4.78, 5) is 0. The van der Waals surface area contributed by atoms with E-state index in [1.807, 2.05) is 24.3 Å². The highest BCUT2D eigenvalue weighted by Gasteiger charge is 2.20. The second kappa shape index (κ2) is 12.1. The molecule has 0 aliphatic rings. The third kappa shape index (κ3) is 7.61. The van der Waals surface area contributed by atoms with Gasteiger partial charge in [-0.1, -0.05) is 30.3 Å². The van der Waals surface area contributed by atoms with Gasteiger partial charge in [0.05, 0.1) is 32.3 Å². The van der Waals surface area contributed by atoms with Crippen molar-refractivity contribution in [3.05, 3.63) is 83.4 Å². The van der Waals surface area contributed by atoms with Crippen LogP contribution >= 0.6 is 0 Å². The van der Waals surface area contributed by atoms with Crippen LogP contribution in [0.5, 0.6) is 17.2 Å². The maximum atomic E-state index is 11.5. The highest BCUT2D eigenvalue weighted by Crippen LogP contribution is 2.32. The molecule has 3 aromatic rings. The van der Waals surface area contributed by atoms with E-state index in [0.29, 0.717) is 5.56 Å². The Morgan fingerprint density at radius 1 is 0.861 bits per heavy atom. The Kier molecular flexibility index (Phi) is 9.19. The molecule has 8 nitrogen and oxygen atoms in total. The summed E-state index contributed by atoms with van der Waals surface area (Å²) in [5, 5.41) is 24.0. The summed E-state index contributed by atoms with van der Waals surface area (Å²) in [5.74, 6) is 1.47. The minimum Gasteiger partial charge on any atom is -0.506 e. The minimum atomic E-state index is -3.57. The van der Waals surface area contributed by atoms with Gasteiger partial charge in [0, 0.05) is 18.5 Å². The number of aliphatic hydroxyl groups excluding tert-OH is 1. The monoisotopic (exact) mass is 514 g/mol. The first kappa shape index (κ1) is 27.3. The number of rotatable bonds is 12. The fourth-order valence-electron chi connectivity index (χ4n) is 4.05. The maximum absolute atomic E-state index is 11.5. The lowest BCUT2D eigenvalue weighted by atomic mass is 9.86. The molecule has 0 aliphatic carbocycles. The van der Waals surface area contributed by atoms with Gasteiger partial charge in [-0.25, -0.2) is 8.42 Å². The number of ether oxygens (including phenoxy) is 2. The summed E-state index contributed by atoms with van der Waals surface area (Å²) in [5.41, 5.74) is 2.80. The summed E-state index contributed by atoms with van der Waals surface area (Å²) >= 11 is 0. The zero-order chi connectivity index (χ0) is 26.3. The highest BCUT2D eigenvalue weighted by atomic mass is 32.2. The molecule has 4 N–H and O–H groups in total. The summed E-state index contributed by atoms with van der Waals surface area (Å²) in [6.45, 7) is 2.31. The van der Waals surface area contributed by atoms with Crippen molar-refractivity contribution in [3.63, 3.8) is 0 Å². The molecule has 0 amide bonds. The number of anilines is 1. The van der Waals surface area contributed by atoms with Gasteiger partial charge in [0.15, 0.2) is 0 Å². The standard InChI is InChI=1S/C27H34N2O6S/c1-18(28-17-27(31)21-9-14-26(30)25(16-21)29-36(4,32)33)15-24(19-5-10-22(34-2)11-6-19)20-7-12-23(35-3)13-8-20/h5-14,16,18,24,27-31H,15,17H2,1-4H3/t18-,27-/m0/s1. The van der Waals surface area contributed by atoms with Crippen LogP contribution < -0.4 is 19.5 Å². The zero-order valence-corrected chi connectivity index (χ0v) is 21.7. The number of hydrogen-bond donors (Lipinski definition) is 4. The number of nitrogens with one attached hydrogen (secondary N) is 2. The van der Waals surface area contributed by atoms with E-state index < -0.39 is 16.1 Å². The molecule has 0 aliphatic heterocycles. The number of aromatic hydroxyl groups is 1. The van der Waals surface area contributed by atoms with Crippen molar-refractivity contribution in [2.24, 2.45) is 0 Å². The van der Waals surface area contributed by atoms with Gasteiger partial charge in [0.2, 0.25) is 10.0 Å². The van der Waals surface area contributed by atoms with Crippen LogP contribution in [0.1, 0.15) is 42.1 Å². The molecule has 194 valence electrons. The van der Waals surface area contributed by atoms with E-state index in [1.165, 1.54) is 12.1 Å². The fourth-order valence-corrected chi connectivity index (χ4v) is 4.61. The molecule has 36 heavy (non-hydrogen) atoms. The Balaban J connectivity index is 1.72. The summed E-state index contributed by atoms with van der Waals surface area (Å²) in [7, 11) is -0.285. The van der Waals surface area contributed by atoms with Gasteiger partial charge >= 0.3 is 0 Å². The molecular formula is C27H34N2O6S. The Hall–Kier alpha value is -3.27. The lowest BCUT2D eigenvalue weighted by molar-refractivity contribution is 0.169. The average molecular weight is 515 g/mol. The molecule has 0 saturated heterocycles. The third-order valence-corrected chi connectivity index (χ3v) is 6.58. The number of phenolic OH excluding ortho intramolecular Hbond substituents is 1. The van der Waals surface area contributed by atoms with E-state index in [-0.39, 0.29) is 29.9 Å². The smallest absolute Gasteiger partial charge is 0.229 e. The van der Waals surface area contributed by atoms with Crippen molar-refractivity contribution in [2.75, 3.05) is 31.7 Å². The van der Waals surface area contributed by atoms with Crippen molar-refractivity contribution in [1.29, 1.82) is 0 Å². The molecule has 9 heteroatoms. The molecular weight excluding hydrogens is 480 g/mol. The van der Waals surface area contributed by atoms with Gasteiger partial charge in [0.25, 0.3) is 0 Å². The van der Waals surface area contributed by atoms with E-state index in [0.717, 1.165) is 35.3 Å². The van der Waals surface area contributed by atoms with Gasteiger partial charge in [-0.3, -0.25) is 4.72 Å². The lowest BCUT2D eigenvalue weighted by Crippen LogP contribution is -2.32. The number of sulfonamides is 1. The third-order valence-electron chi connectivity index (χ3n) is 5.99. The zero-order valence-electron chi connectivity index (χ0n) is 20.9. The molecule has 3 aromatic carbocycles. The minimum absolute atomic E-state index is 0.0289. The van der Waals surface area contributed by atoms with Crippen LogP contribution in [0.15, 0.2) is 66.7 Å². The molecule has 0 bridgehead atoms. The van der Waals surface area contributed by atoms with E-state index in [4.69, 9.17) is 9.47 Å². The maximum Gasteiger partial charge on any atom is 0.229 e. The predicted octanol–water partition coefficient (Wildman–Crippen LogP) is 4.01. The van der Waals surface area contributed by atoms with Crippen LogP contribution in [0.25, 0.3) is 0 Å². The molecule has 0 aromatic heterocycles. The number of benzene rings is 3. The van der Waals surface area contributed by atoms with Crippen molar-refractivity contribution in [2.45, 2.75) is 31.4 Å². The van der Waals surface area contributed by atoms with Crippen molar-refractivity contribution in [1.82, 2.24) is 5.32 Å². The molecule has 0 heterocycles. The van der Waals surface area contributed by atoms with E-state index >= 15 is 0 Å².